The molecule has 0 atom stereocenters. The van der Waals surface area contributed by atoms with Gasteiger partial charge in [-0.05, 0) is 23.8 Å². The number of rotatable bonds is 4. The van der Waals surface area contributed by atoms with E-state index in [0.717, 1.165) is 11.3 Å². The maximum atomic E-state index is 10.7. The van der Waals surface area contributed by atoms with E-state index >= 15 is 0 Å². The van der Waals surface area contributed by atoms with Crippen LogP contribution in [0.5, 0.6) is 5.75 Å². The van der Waals surface area contributed by atoms with Crippen LogP contribution < -0.4 is 4.74 Å². The van der Waals surface area contributed by atoms with Crippen LogP contribution in [-0.4, -0.2) is 18.2 Å². The summed E-state index contributed by atoms with van der Waals surface area (Å²) >= 11 is 0. The summed E-state index contributed by atoms with van der Waals surface area (Å²) in [7, 11) is 1.61. The molecule has 1 N–H and O–H groups in total. The lowest BCUT2D eigenvalue weighted by molar-refractivity contribution is 0.0696. The number of benzene rings is 1. The Labute approximate surface area is 98.4 Å². The highest BCUT2D eigenvalue weighted by Crippen LogP contribution is 2.16. The number of furan rings is 1. The van der Waals surface area contributed by atoms with Crippen LogP contribution in [0.4, 0.5) is 0 Å². The van der Waals surface area contributed by atoms with E-state index in [1.165, 1.54) is 12.3 Å². The third-order valence-electron chi connectivity index (χ3n) is 2.44. The maximum Gasteiger partial charge on any atom is 0.338 e. The minimum atomic E-state index is -0.977. The van der Waals surface area contributed by atoms with Gasteiger partial charge in [-0.25, -0.2) is 4.79 Å². The molecule has 0 spiro atoms. The fourth-order valence-corrected chi connectivity index (χ4v) is 1.53. The summed E-state index contributed by atoms with van der Waals surface area (Å²) in [5.41, 5.74) is 1.21. The molecule has 0 aliphatic carbocycles. The zero-order chi connectivity index (χ0) is 12.3. The van der Waals surface area contributed by atoms with E-state index in [-0.39, 0.29) is 5.56 Å². The number of methoxy groups -OCH3 is 1. The first-order valence-electron chi connectivity index (χ1n) is 5.12. The van der Waals surface area contributed by atoms with Crippen LogP contribution >= 0.6 is 0 Å². The summed E-state index contributed by atoms with van der Waals surface area (Å²) < 4.78 is 10.2. The van der Waals surface area contributed by atoms with Gasteiger partial charge >= 0.3 is 5.97 Å². The number of hydrogen-bond acceptors (Lipinski definition) is 3. The summed E-state index contributed by atoms with van der Waals surface area (Å²) in [4.78, 5) is 10.7. The molecule has 1 heterocycles. The summed E-state index contributed by atoms with van der Waals surface area (Å²) in [6, 6.07) is 9.09. The second-order valence-corrected chi connectivity index (χ2v) is 3.63. The molecule has 88 valence electrons. The molecule has 0 saturated heterocycles. The van der Waals surface area contributed by atoms with Crippen molar-refractivity contribution in [2.24, 2.45) is 0 Å². The lowest BCUT2D eigenvalue weighted by Gasteiger charge is -2.01. The SMILES string of the molecule is COc1ccc(Cc2cc(C(=O)O)co2)cc1. The number of carboxylic acid groups (broad SMARTS) is 1. The first kappa shape index (κ1) is 11.3. The Bertz CT molecular complexity index is 510. The zero-order valence-corrected chi connectivity index (χ0v) is 9.34. The van der Waals surface area contributed by atoms with Crippen LogP contribution in [0.1, 0.15) is 21.7 Å². The molecule has 1 aromatic heterocycles. The standard InChI is InChI=1S/C13H12O4/c1-16-11-4-2-9(3-5-11)6-12-7-10(8-17-12)13(14)15/h2-5,7-8H,6H2,1H3,(H,14,15). The fourth-order valence-electron chi connectivity index (χ4n) is 1.53. The van der Waals surface area contributed by atoms with Crippen molar-refractivity contribution >= 4 is 5.97 Å². The lowest BCUT2D eigenvalue weighted by Crippen LogP contribution is -1.92. The lowest BCUT2D eigenvalue weighted by atomic mass is 10.1. The van der Waals surface area contributed by atoms with Crippen LogP contribution in [0.2, 0.25) is 0 Å². The van der Waals surface area contributed by atoms with Gasteiger partial charge in [-0.3, -0.25) is 0 Å². The molecule has 0 unspecified atom stereocenters. The van der Waals surface area contributed by atoms with Crippen molar-refractivity contribution in [2.45, 2.75) is 6.42 Å². The smallest absolute Gasteiger partial charge is 0.338 e. The van der Waals surface area contributed by atoms with E-state index in [2.05, 4.69) is 0 Å². The number of hydrogen-bond donors (Lipinski definition) is 1. The second kappa shape index (κ2) is 4.74. The van der Waals surface area contributed by atoms with Crippen molar-refractivity contribution in [3.05, 3.63) is 53.5 Å². The molecule has 0 bridgehead atoms. The highest BCUT2D eigenvalue weighted by Gasteiger charge is 2.08. The Balaban J connectivity index is 2.11. The molecule has 0 aliphatic rings. The first-order valence-corrected chi connectivity index (χ1v) is 5.12. The Morgan fingerprint density at radius 3 is 2.59 bits per heavy atom. The summed E-state index contributed by atoms with van der Waals surface area (Å²) in [5, 5.41) is 8.76. The average Bonchev–Trinajstić information content (AvgIpc) is 2.79. The minimum Gasteiger partial charge on any atom is -0.497 e. The van der Waals surface area contributed by atoms with E-state index in [0.29, 0.717) is 12.2 Å². The molecule has 2 rings (SSSR count). The van der Waals surface area contributed by atoms with Crippen molar-refractivity contribution in [1.82, 2.24) is 0 Å². The predicted molar refractivity (Wildman–Crippen MR) is 61.5 cm³/mol. The molecular weight excluding hydrogens is 220 g/mol. The van der Waals surface area contributed by atoms with Gasteiger partial charge in [-0.15, -0.1) is 0 Å². The number of carbonyl (C=O) groups is 1. The Morgan fingerprint density at radius 1 is 1.35 bits per heavy atom. The zero-order valence-electron chi connectivity index (χ0n) is 9.34. The third kappa shape index (κ3) is 2.66. The number of carboxylic acids is 1. The quantitative estimate of drug-likeness (QED) is 0.880. The highest BCUT2D eigenvalue weighted by molar-refractivity contribution is 5.87. The summed E-state index contributed by atoms with van der Waals surface area (Å²) in [5.74, 6) is 0.446. The first-order chi connectivity index (χ1) is 8.19. The predicted octanol–water partition coefficient (Wildman–Crippen LogP) is 2.58. The maximum absolute atomic E-state index is 10.7. The van der Waals surface area contributed by atoms with E-state index in [4.69, 9.17) is 14.3 Å². The van der Waals surface area contributed by atoms with Crippen LogP contribution in [0.15, 0.2) is 41.0 Å². The molecule has 0 aliphatic heterocycles. The van der Waals surface area contributed by atoms with Gasteiger partial charge in [0, 0.05) is 6.42 Å². The van der Waals surface area contributed by atoms with Crippen molar-refractivity contribution in [1.29, 1.82) is 0 Å². The van der Waals surface area contributed by atoms with Gasteiger partial charge in [-0.1, -0.05) is 12.1 Å². The Hall–Kier alpha value is -2.23. The van der Waals surface area contributed by atoms with Crippen LogP contribution in [0.25, 0.3) is 0 Å². The normalized spacial score (nSPS) is 10.2. The van der Waals surface area contributed by atoms with Crippen molar-refractivity contribution in [3.63, 3.8) is 0 Å². The van der Waals surface area contributed by atoms with Crippen molar-refractivity contribution in [2.75, 3.05) is 7.11 Å². The molecule has 4 nitrogen and oxygen atoms in total. The molecule has 2 aromatic rings. The molecule has 17 heavy (non-hydrogen) atoms. The summed E-state index contributed by atoms with van der Waals surface area (Å²) in [6.45, 7) is 0. The van der Waals surface area contributed by atoms with E-state index in [1.807, 2.05) is 24.3 Å². The summed E-state index contributed by atoms with van der Waals surface area (Å²) in [6.07, 6.45) is 1.82. The molecule has 0 amide bonds. The van der Waals surface area contributed by atoms with E-state index < -0.39 is 5.97 Å². The molecule has 0 saturated carbocycles. The second-order valence-electron chi connectivity index (χ2n) is 3.63. The molecule has 0 fully saturated rings. The molecule has 1 aromatic carbocycles. The van der Waals surface area contributed by atoms with Crippen molar-refractivity contribution < 1.29 is 19.1 Å². The van der Waals surface area contributed by atoms with Gasteiger partial charge in [0.2, 0.25) is 0 Å². The van der Waals surface area contributed by atoms with Crippen LogP contribution in [0.3, 0.4) is 0 Å². The molecule has 0 radical (unpaired) electrons. The highest BCUT2D eigenvalue weighted by atomic mass is 16.5. The van der Waals surface area contributed by atoms with Gasteiger partial charge in [0.1, 0.15) is 17.8 Å². The Kier molecular flexibility index (Phi) is 3.14. The fraction of sp³-hybridized carbons (Fsp3) is 0.154. The number of aromatic carboxylic acids is 1. The van der Waals surface area contributed by atoms with Gasteiger partial charge in [0.05, 0.1) is 12.7 Å². The van der Waals surface area contributed by atoms with Crippen LogP contribution in [-0.2, 0) is 6.42 Å². The van der Waals surface area contributed by atoms with Gasteiger partial charge < -0.3 is 14.3 Å². The topological polar surface area (TPSA) is 59.7 Å². The van der Waals surface area contributed by atoms with Gasteiger partial charge in [0.15, 0.2) is 0 Å². The largest absolute Gasteiger partial charge is 0.497 e. The average molecular weight is 232 g/mol. The monoisotopic (exact) mass is 232 g/mol. The van der Waals surface area contributed by atoms with Gasteiger partial charge in [0.25, 0.3) is 0 Å². The van der Waals surface area contributed by atoms with Gasteiger partial charge in [-0.2, -0.15) is 0 Å². The van der Waals surface area contributed by atoms with Crippen LogP contribution in [0, 0.1) is 0 Å². The van der Waals surface area contributed by atoms with E-state index in [1.54, 1.807) is 7.11 Å². The third-order valence-corrected chi connectivity index (χ3v) is 2.44. The Morgan fingerprint density at radius 2 is 2.06 bits per heavy atom. The molecule has 4 heteroatoms. The molecular formula is C13H12O4. The van der Waals surface area contributed by atoms with E-state index in [9.17, 15) is 4.79 Å². The van der Waals surface area contributed by atoms with Crippen molar-refractivity contribution in [3.8, 4) is 5.75 Å². The minimum absolute atomic E-state index is 0.175. The number of ether oxygens (including phenoxy) is 1.